The molecule has 0 unspecified atom stereocenters. The Morgan fingerprint density at radius 3 is 2.94 bits per heavy atom. The summed E-state index contributed by atoms with van der Waals surface area (Å²) in [6.45, 7) is 2.06. The number of nitrogens with two attached hydrogens (primary N) is 1. The molecule has 0 aliphatic rings. The minimum Gasteiger partial charge on any atom is -0.466 e. The largest absolute Gasteiger partial charge is 0.466 e. The molecule has 0 saturated carbocycles. The number of rotatable bonds is 4. The molecule has 0 spiro atoms. The van der Waals surface area contributed by atoms with Crippen LogP contribution in [0.25, 0.3) is 6.08 Å². The van der Waals surface area contributed by atoms with Gasteiger partial charge in [-0.1, -0.05) is 23.8 Å². The smallest absolute Gasteiger partial charge is 0.309 e. The lowest BCUT2D eigenvalue weighted by Crippen LogP contribution is -2.01. The number of nitrogen functional groups attached to an aromatic ring is 1. The van der Waals surface area contributed by atoms with E-state index in [4.69, 9.17) is 22.1 Å². The lowest BCUT2D eigenvalue weighted by molar-refractivity contribution is -0.142. The average Bonchev–Trinajstić information content (AvgIpc) is 2.25. The first-order chi connectivity index (χ1) is 8.04. The Morgan fingerprint density at radius 2 is 2.29 bits per heavy atom. The third-order valence-electron chi connectivity index (χ3n) is 2.01. The number of hydrogen-bond donors (Lipinski definition) is 1. The zero-order chi connectivity index (χ0) is 12.8. The number of esters is 1. The second kappa shape index (κ2) is 6.25. The first kappa shape index (κ1) is 13.5. The molecule has 0 aliphatic carbocycles. The van der Waals surface area contributed by atoms with Gasteiger partial charge in [-0.05, 0) is 19.1 Å². The van der Waals surface area contributed by atoms with Gasteiger partial charge in [-0.3, -0.25) is 4.79 Å². The lowest BCUT2D eigenvalue weighted by Gasteiger charge is -2.03. The monoisotopic (exact) mass is 257 g/mol. The fraction of sp³-hybridized carbons (Fsp3) is 0.250. The molecule has 0 atom stereocenters. The van der Waals surface area contributed by atoms with Gasteiger partial charge >= 0.3 is 5.97 Å². The zero-order valence-electron chi connectivity index (χ0n) is 9.37. The summed E-state index contributed by atoms with van der Waals surface area (Å²) in [4.78, 5) is 11.0. The van der Waals surface area contributed by atoms with E-state index in [0.717, 1.165) is 6.07 Å². The molecule has 2 N–H and O–H groups in total. The van der Waals surface area contributed by atoms with E-state index in [1.165, 1.54) is 6.07 Å². The Kier molecular flexibility index (Phi) is 4.97. The highest BCUT2D eigenvalue weighted by Gasteiger charge is 2.05. The van der Waals surface area contributed by atoms with Crippen molar-refractivity contribution in [3.05, 3.63) is 34.6 Å². The number of carbonyl (C=O) groups is 1. The summed E-state index contributed by atoms with van der Waals surface area (Å²) in [5.41, 5.74) is 5.98. The predicted molar refractivity (Wildman–Crippen MR) is 66.1 cm³/mol. The molecule has 0 amide bonds. The van der Waals surface area contributed by atoms with Crippen LogP contribution < -0.4 is 5.73 Å². The van der Waals surface area contributed by atoms with Crippen LogP contribution in [-0.4, -0.2) is 12.6 Å². The summed E-state index contributed by atoms with van der Waals surface area (Å²) in [6.07, 6.45) is 3.21. The minimum atomic E-state index is -0.576. The van der Waals surface area contributed by atoms with Crippen molar-refractivity contribution in [2.75, 3.05) is 12.3 Å². The Morgan fingerprint density at radius 1 is 1.59 bits per heavy atom. The SMILES string of the molecule is CCOC(=O)CC=Cc1cc(Cl)cc(F)c1N. The maximum atomic E-state index is 13.2. The van der Waals surface area contributed by atoms with E-state index in [-0.39, 0.29) is 23.1 Å². The second-order valence-electron chi connectivity index (χ2n) is 3.30. The van der Waals surface area contributed by atoms with Crippen molar-refractivity contribution in [2.45, 2.75) is 13.3 Å². The molecule has 1 aromatic carbocycles. The Hall–Kier alpha value is -1.55. The standard InChI is InChI=1S/C12H13ClFNO2/c1-2-17-11(16)5-3-4-8-6-9(13)7-10(14)12(8)15/h3-4,6-7H,2,5,15H2,1H3. The van der Waals surface area contributed by atoms with Gasteiger partial charge in [0.2, 0.25) is 0 Å². The third kappa shape index (κ3) is 4.07. The predicted octanol–water partition coefficient (Wildman–Crippen LogP) is 3.03. The zero-order valence-corrected chi connectivity index (χ0v) is 10.1. The highest BCUT2D eigenvalue weighted by Crippen LogP contribution is 2.23. The van der Waals surface area contributed by atoms with Crippen LogP contribution in [0.15, 0.2) is 18.2 Å². The molecular formula is C12H13ClFNO2. The number of anilines is 1. The molecule has 1 aromatic rings. The lowest BCUT2D eigenvalue weighted by atomic mass is 10.1. The first-order valence-electron chi connectivity index (χ1n) is 5.11. The molecule has 0 heterocycles. The quantitative estimate of drug-likeness (QED) is 0.666. The van der Waals surface area contributed by atoms with Crippen molar-refractivity contribution < 1.29 is 13.9 Å². The molecule has 0 saturated heterocycles. The maximum Gasteiger partial charge on any atom is 0.309 e. The number of carbonyl (C=O) groups excluding carboxylic acids is 1. The molecule has 0 aliphatic heterocycles. The van der Waals surface area contributed by atoms with Crippen molar-refractivity contribution in [1.29, 1.82) is 0 Å². The molecule has 5 heteroatoms. The summed E-state index contributed by atoms with van der Waals surface area (Å²) >= 11 is 5.69. The van der Waals surface area contributed by atoms with Crippen molar-refractivity contribution in [1.82, 2.24) is 0 Å². The van der Waals surface area contributed by atoms with Gasteiger partial charge in [-0.25, -0.2) is 4.39 Å². The molecule has 0 radical (unpaired) electrons. The molecular weight excluding hydrogens is 245 g/mol. The molecule has 92 valence electrons. The molecule has 3 nitrogen and oxygen atoms in total. The van der Waals surface area contributed by atoms with Crippen LogP contribution in [0.3, 0.4) is 0 Å². The van der Waals surface area contributed by atoms with Crippen LogP contribution in [0.4, 0.5) is 10.1 Å². The van der Waals surface area contributed by atoms with Crippen molar-refractivity contribution >= 4 is 29.3 Å². The van der Waals surface area contributed by atoms with E-state index in [0.29, 0.717) is 12.2 Å². The average molecular weight is 258 g/mol. The molecule has 0 bridgehead atoms. The minimum absolute atomic E-state index is 0.00880. The highest BCUT2D eigenvalue weighted by atomic mass is 35.5. The summed E-state index contributed by atoms with van der Waals surface area (Å²) in [5, 5.41) is 0.257. The number of hydrogen-bond acceptors (Lipinski definition) is 3. The highest BCUT2D eigenvalue weighted by molar-refractivity contribution is 6.30. The van der Waals surface area contributed by atoms with E-state index in [9.17, 15) is 9.18 Å². The summed E-state index contributed by atoms with van der Waals surface area (Å²) in [6, 6.07) is 2.67. The van der Waals surface area contributed by atoms with Gasteiger partial charge in [0.15, 0.2) is 0 Å². The van der Waals surface area contributed by atoms with E-state index in [2.05, 4.69) is 0 Å². The third-order valence-corrected chi connectivity index (χ3v) is 2.23. The van der Waals surface area contributed by atoms with Gasteiger partial charge in [0.1, 0.15) is 5.82 Å². The molecule has 17 heavy (non-hydrogen) atoms. The second-order valence-corrected chi connectivity index (χ2v) is 3.74. The van der Waals surface area contributed by atoms with Crippen LogP contribution in [0, 0.1) is 5.82 Å². The topological polar surface area (TPSA) is 52.3 Å². The Balaban J connectivity index is 2.74. The van der Waals surface area contributed by atoms with Gasteiger partial charge in [-0.15, -0.1) is 0 Å². The summed E-state index contributed by atoms with van der Waals surface area (Å²) < 4.78 is 17.9. The molecule has 0 aromatic heterocycles. The van der Waals surface area contributed by atoms with E-state index >= 15 is 0 Å². The maximum absolute atomic E-state index is 13.2. The van der Waals surface area contributed by atoms with Crippen LogP contribution in [0.5, 0.6) is 0 Å². The van der Waals surface area contributed by atoms with Crippen molar-refractivity contribution in [3.8, 4) is 0 Å². The number of ether oxygens (including phenoxy) is 1. The summed E-state index contributed by atoms with van der Waals surface area (Å²) in [5.74, 6) is -0.918. The fourth-order valence-electron chi connectivity index (χ4n) is 1.24. The molecule has 1 rings (SSSR count). The van der Waals surface area contributed by atoms with E-state index < -0.39 is 5.82 Å². The van der Waals surface area contributed by atoms with Gasteiger partial charge in [-0.2, -0.15) is 0 Å². The fourth-order valence-corrected chi connectivity index (χ4v) is 1.46. The van der Waals surface area contributed by atoms with Crippen LogP contribution in [0.1, 0.15) is 18.9 Å². The van der Waals surface area contributed by atoms with E-state index in [1.54, 1.807) is 19.1 Å². The first-order valence-corrected chi connectivity index (χ1v) is 5.49. The number of benzene rings is 1. The van der Waals surface area contributed by atoms with Crippen LogP contribution >= 0.6 is 11.6 Å². The van der Waals surface area contributed by atoms with Crippen molar-refractivity contribution in [2.24, 2.45) is 0 Å². The van der Waals surface area contributed by atoms with Gasteiger partial charge < -0.3 is 10.5 Å². The Labute approximate surface area is 104 Å². The normalized spacial score (nSPS) is 10.8. The van der Waals surface area contributed by atoms with Crippen molar-refractivity contribution in [3.63, 3.8) is 0 Å². The molecule has 0 fully saturated rings. The van der Waals surface area contributed by atoms with Gasteiger partial charge in [0.25, 0.3) is 0 Å². The summed E-state index contributed by atoms with van der Waals surface area (Å²) in [7, 11) is 0. The van der Waals surface area contributed by atoms with Crippen LogP contribution in [-0.2, 0) is 9.53 Å². The van der Waals surface area contributed by atoms with Crippen LogP contribution in [0.2, 0.25) is 5.02 Å². The van der Waals surface area contributed by atoms with E-state index in [1.807, 2.05) is 0 Å². The van der Waals surface area contributed by atoms with Gasteiger partial charge in [0.05, 0.1) is 18.7 Å². The number of halogens is 2. The van der Waals surface area contributed by atoms with Gasteiger partial charge in [0, 0.05) is 10.6 Å². The Bertz CT molecular complexity index is 446.